The van der Waals surface area contributed by atoms with Gasteiger partial charge in [0, 0.05) is 5.56 Å². The Morgan fingerprint density at radius 3 is 2.39 bits per heavy atom. The lowest BCUT2D eigenvalue weighted by molar-refractivity contribution is 0.294. The molecule has 1 aliphatic carbocycles. The van der Waals surface area contributed by atoms with E-state index in [0.29, 0.717) is 5.92 Å². The maximum absolute atomic E-state index is 13.5. The number of rotatable bonds is 3. The van der Waals surface area contributed by atoms with Gasteiger partial charge in [-0.25, -0.2) is 8.78 Å². The molecule has 1 fully saturated rings. The zero-order chi connectivity index (χ0) is 16.7. The first kappa shape index (κ1) is 17.2. The lowest BCUT2D eigenvalue weighted by Crippen LogP contribution is -2.12. The second-order valence-electron chi connectivity index (χ2n) is 6.12. The highest BCUT2D eigenvalue weighted by Crippen LogP contribution is 2.32. The number of hydrogen-bond acceptors (Lipinski definition) is 1. The molecule has 1 saturated carbocycles. The maximum atomic E-state index is 13.5. The van der Waals surface area contributed by atoms with Crippen LogP contribution in [0.4, 0.5) is 8.78 Å². The van der Waals surface area contributed by atoms with E-state index in [9.17, 15) is 8.78 Å². The summed E-state index contributed by atoms with van der Waals surface area (Å²) < 4.78 is 26.9. The van der Waals surface area contributed by atoms with Gasteiger partial charge in [-0.1, -0.05) is 37.7 Å². The summed E-state index contributed by atoms with van der Waals surface area (Å²) in [4.78, 5) is 0. The van der Waals surface area contributed by atoms with E-state index in [1.807, 2.05) is 0 Å². The molecule has 120 valence electrons. The predicted octanol–water partition coefficient (Wildman–Crippen LogP) is 5.35. The molecule has 0 heterocycles. The highest BCUT2D eigenvalue weighted by molar-refractivity contribution is 5.43. The van der Waals surface area contributed by atoms with Crippen LogP contribution < -0.4 is 0 Å². The van der Waals surface area contributed by atoms with Crippen molar-refractivity contribution in [2.24, 2.45) is 11.8 Å². The van der Waals surface area contributed by atoms with Crippen molar-refractivity contribution >= 4 is 0 Å². The molecule has 1 nitrogen and oxygen atoms in total. The van der Waals surface area contributed by atoms with Gasteiger partial charge in [0.05, 0.1) is 0 Å². The van der Waals surface area contributed by atoms with Crippen molar-refractivity contribution in [1.29, 1.82) is 5.26 Å². The summed E-state index contributed by atoms with van der Waals surface area (Å²) >= 11 is 0. The number of nitrogens with zero attached hydrogens (tertiary/aromatic N) is 1. The number of halogens is 2. The SMILES string of the molecule is CCC[C@H]1CC[C@H](C=CC#Cc2cc(F)c(C#N)c(F)c2)CC1. The van der Waals surface area contributed by atoms with Crippen molar-refractivity contribution in [2.45, 2.75) is 45.4 Å². The molecule has 0 unspecified atom stereocenters. The topological polar surface area (TPSA) is 23.8 Å². The second kappa shape index (κ2) is 8.49. The molecule has 1 aliphatic rings. The summed E-state index contributed by atoms with van der Waals surface area (Å²) in [6.07, 6.45) is 11.4. The Hall–Kier alpha value is -2.13. The van der Waals surface area contributed by atoms with Gasteiger partial charge >= 0.3 is 0 Å². The van der Waals surface area contributed by atoms with E-state index in [0.717, 1.165) is 18.1 Å². The van der Waals surface area contributed by atoms with Gasteiger partial charge in [-0.15, -0.1) is 0 Å². The molecule has 2 rings (SSSR count). The van der Waals surface area contributed by atoms with Crippen LogP contribution in [0.5, 0.6) is 0 Å². The molecule has 0 atom stereocenters. The van der Waals surface area contributed by atoms with E-state index in [1.54, 1.807) is 6.08 Å². The quantitative estimate of drug-likeness (QED) is 0.690. The second-order valence-corrected chi connectivity index (χ2v) is 6.12. The van der Waals surface area contributed by atoms with E-state index in [-0.39, 0.29) is 5.56 Å². The fourth-order valence-corrected chi connectivity index (χ4v) is 3.14. The van der Waals surface area contributed by atoms with Crippen molar-refractivity contribution < 1.29 is 8.78 Å². The standard InChI is InChI=1S/C20H21F2N/c1-2-5-15-8-10-16(11-9-15)6-3-4-7-17-12-19(21)18(14-23)20(22)13-17/h3,6,12-13,15-16H,2,5,8-11H2,1H3/t15-,16-. The molecule has 0 N–H and O–H groups in total. The van der Waals surface area contributed by atoms with Crippen LogP contribution in [0.1, 0.15) is 56.6 Å². The van der Waals surface area contributed by atoms with Crippen molar-refractivity contribution in [2.75, 3.05) is 0 Å². The summed E-state index contributed by atoms with van der Waals surface area (Å²) in [7, 11) is 0. The highest BCUT2D eigenvalue weighted by atomic mass is 19.1. The van der Waals surface area contributed by atoms with E-state index in [2.05, 4.69) is 24.8 Å². The molecule has 0 aromatic heterocycles. The molecule has 0 amide bonds. The fourth-order valence-electron chi connectivity index (χ4n) is 3.14. The summed E-state index contributed by atoms with van der Waals surface area (Å²) in [6.45, 7) is 2.23. The maximum Gasteiger partial charge on any atom is 0.145 e. The van der Waals surface area contributed by atoms with Gasteiger partial charge < -0.3 is 0 Å². The Morgan fingerprint density at radius 1 is 1.17 bits per heavy atom. The van der Waals surface area contributed by atoms with Crippen LogP contribution in [0.2, 0.25) is 0 Å². The molecule has 23 heavy (non-hydrogen) atoms. The molecule has 0 saturated heterocycles. The van der Waals surface area contributed by atoms with Gasteiger partial charge in [-0.3, -0.25) is 0 Å². The predicted molar refractivity (Wildman–Crippen MR) is 87.4 cm³/mol. The van der Waals surface area contributed by atoms with Crippen molar-refractivity contribution in [3.8, 4) is 17.9 Å². The van der Waals surface area contributed by atoms with Crippen LogP contribution in [0.3, 0.4) is 0 Å². The number of hydrogen-bond donors (Lipinski definition) is 0. The van der Waals surface area contributed by atoms with Crippen molar-refractivity contribution in [3.05, 3.63) is 47.0 Å². The number of benzene rings is 1. The first-order chi connectivity index (χ1) is 11.1. The third-order valence-corrected chi connectivity index (χ3v) is 4.41. The molecular formula is C20H21F2N. The first-order valence-electron chi connectivity index (χ1n) is 8.21. The summed E-state index contributed by atoms with van der Waals surface area (Å²) in [5, 5.41) is 8.62. The number of nitriles is 1. The molecular weight excluding hydrogens is 292 g/mol. The van der Waals surface area contributed by atoms with E-state index >= 15 is 0 Å². The van der Waals surface area contributed by atoms with Crippen molar-refractivity contribution in [3.63, 3.8) is 0 Å². The van der Waals surface area contributed by atoms with Gasteiger partial charge in [-0.05, 0) is 55.7 Å². The van der Waals surface area contributed by atoms with Crippen LogP contribution >= 0.6 is 0 Å². The average molecular weight is 313 g/mol. The van der Waals surface area contributed by atoms with Crippen LogP contribution in [0, 0.1) is 46.6 Å². The Labute approximate surface area is 137 Å². The Balaban J connectivity index is 1.92. The van der Waals surface area contributed by atoms with E-state index < -0.39 is 17.2 Å². The van der Waals surface area contributed by atoms with E-state index in [4.69, 9.17) is 5.26 Å². The largest absolute Gasteiger partial charge is 0.205 e. The average Bonchev–Trinajstić information content (AvgIpc) is 2.53. The van der Waals surface area contributed by atoms with E-state index in [1.165, 1.54) is 44.6 Å². The van der Waals surface area contributed by atoms with Crippen molar-refractivity contribution in [1.82, 2.24) is 0 Å². The summed E-state index contributed by atoms with van der Waals surface area (Å²) in [6, 6.07) is 3.69. The minimum Gasteiger partial charge on any atom is -0.205 e. The Morgan fingerprint density at radius 2 is 1.83 bits per heavy atom. The number of allylic oxidation sites excluding steroid dienone is 2. The Bertz CT molecular complexity index is 642. The lowest BCUT2D eigenvalue weighted by atomic mass is 9.80. The van der Waals surface area contributed by atoms with Crippen LogP contribution in [-0.2, 0) is 0 Å². The Kier molecular flexibility index (Phi) is 6.36. The molecule has 0 spiro atoms. The minimum atomic E-state index is -0.866. The zero-order valence-corrected chi connectivity index (χ0v) is 13.4. The third-order valence-electron chi connectivity index (χ3n) is 4.41. The van der Waals surface area contributed by atoms with Crippen LogP contribution in [0.15, 0.2) is 24.3 Å². The smallest absolute Gasteiger partial charge is 0.145 e. The normalized spacial score (nSPS) is 20.8. The monoisotopic (exact) mass is 313 g/mol. The molecule has 3 heteroatoms. The highest BCUT2D eigenvalue weighted by Gasteiger charge is 2.18. The van der Waals surface area contributed by atoms with Gasteiger partial charge in [0.15, 0.2) is 0 Å². The molecule has 1 aromatic carbocycles. The summed E-state index contributed by atoms with van der Waals surface area (Å²) in [5.41, 5.74) is -0.315. The zero-order valence-electron chi connectivity index (χ0n) is 13.4. The molecule has 0 radical (unpaired) electrons. The first-order valence-corrected chi connectivity index (χ1v) is 8.21. The van der Waals surface area contributed by atoms with Gasteiger partial charge in [-0.2, -0.15) is 5.26 Å². The molecule has 1 aromatic rings. The minimum absolute atomic E-state index is 0.246. The van der Waals surface area contributed by atoms with Gasteiger partial charge in [0.2, 0.25) is 0 Å². The molecule has 0 bridgehead atoms. The lowest BCUT2D eigenvalue weighted by Gasteiger charge is -2.26. The van der Waals surface area contributed by atoms with Gasteiger partial charge in [0.25, 0.3) is 0 Å². The molecule has 0 aliphatic heterocycles. The van der Waals surface area contributed by atoms with Gasteiger partial charge in [0.1, 0.15) is 23.3 Å². The summed E-state index contributed by atoms with van der Waals surface area (Å²) in [5.74, 6) is 5.26. The third kappa shape index (κ3) is 4.93. The van der Waals surface area contributed by atoms with Crippen LogP contribution in [-0.4, -0.2) is 0 Å². The fraction of sp³-hybridized carbons (Fsp3) is 0.450. The van der Waals surface area contributed by atoms with Crippen LogP contribution in [0.25, 0.3) is 0 Å².